The molecule has 0 aliphatic heterocycles. The monoisotopic (exact) mass is 263 g/mol. The number of nitrogens with one attached hydrogen (secondary N) is 1. The molecule has 5 heteroatoms. The van der Waals surface area contributed by atoms with E-state index in [1.54, 1.807) is 0 Å². The lowest BCUT2D eigenvalue weighted by molar-refractivity contribution is -0.137. The standard InChI is InChI=1S/C12H13ClF3N/c1-8(13)7-17-9(2)10-3-5-11(6-4-10)12(14,15)16/h3-6,9,17H,1,7H2,2H3. The first-order valence-electron chi connectivity index (χ1n) is 5.04. The van der Waals surface area contributed by atoms with Crippen molar-refractivity contribution in [1.29, 1.82) is 0 Å². The molecule has 0 radical (unpaired) electrons. The van der Waals surface area contributed by atoms with Crippen LogP contribution < -0.4 is 5.32 Å². The third-order valence-corrected chi connectivity index (χ3v) is 2.47. The highest BCUT2D eigenvalue weighted by molar-refractivity contribution is 6.29. The van der Waals surface area contributed by atoms with Gasteiger partial charge in [-0.05, 0) is 24.6 Å². The van der Waals surface area contributed by atoms with Crippen molar-refractivity contribution < 1.29 is 13.2 Å². The molecule has 94 valence electrons. The van der Waals surface area contributed by atoms with Crippen molar-refractivity contribution in [3.05, 3.63) is 47.0 Å². The third-order valence-electron chi connectivity index (χ3n) is 2.34. The normalized spacial score (nSPS) is 13.5. The van der Waals surface area contributed by atoms with E-state index in [2.05, 4.69) is 11.9 Å². The summed E-state index contributed by atoms with van der Waals surface area (Å²) in [6, 6.07) is 4.98. The molecule has 1 N–H and O–H groups in total. The van der Waals surface area contributed by atoms with E-state index >= 15 is 0 Å². The lowest BCUT2D eigenvalue weighted by Gasteiger charge is -2.14. The first-order valence-corrected chi connectivity index (χ1v) is 5.42. The summed E-state index contributed by atoms with van der Waals surface area (Å²) in [7, 11) is 0. The van der Waals surface area contributed by atoms with E-state index in [4.69, 9.17) is 11.6 Å². The minimum Gasteiger partial charge on any atom is -0.305 e. The van der Waals surface area contributed by atoms with Crippen LogP contribution in [0.2, 0.25) is 0 Å². The van der Waals surface area contributed by atoms with Crippen LogP contribution in [0.15, 0.2) is 35.9 Å². The van der Waals surface area contributed by atoms with E-state index in [-0.39, 0.29) is 6.04 Å². The molecule has 1 aromatic carbocycles. The van der Waals surface area contributed by atoms with Gasteiger partial charge in [0, 0.05) is 17.6 Å². The Labute approximate surface area is 103 Å². The molecular formula is C12H13ClF3N. The third kappa shape index (κ3) is 4.40. The van der Waals surface area contributed by atoms with Crippen LogP contribution >= 0.6 is 11.6 Å². The Morgan fingerprint density at radius 1 is 1.35 bits per heavy atom. The van der Waals surface area contributed by atoms with Crippen molar-refractivity contribution in [3.63, 3.8) is 0 Å². The quantitative estimate of drug-likeness (QED) is 0.862. The van der Waals surface area contributed by atoms with Crippen LogP contribution in [0.4, 0.5) is 13.2 Å². The fourth-order valence-electron chi connectivity index (χ4n) is 1.34. The van der Waals surface area contributed by atoms with E-state index in [1.807, 2.05) is 6.92 Å². The molecule has 0 amide bonds. The van der Waals surface area contributed by atoms with Gasteiger partial charge in [-0.3, -0.25) is 0 Å². The predicted molar refractivity (Wildman–Crippen MR) is 62.9 cm³/mol. The zero-order valence-corrected chi connectivity index (χ0v) is 10.1. The van der Waals surface area contributed by atoms with Crippen molar-refractivity contribution in [2.24, 2.45) is 0 Å². The van der Waals surface area contributed by atoms with Crippen LogP contribution in [-0.2, 0) is 6.18 Å². The fourth-order valence-corrected chi connectivity index (χ4v) is 1.42. The Kier molecular flexibility index (Phi) is 4.60. The number of rotatable bonds is 4. The molecule has 0 spiro atoms. The maximum atomic E-state index is 12.3. The summed E-state index contributed by atoms with van der Waals surface area (Å²) in [5, 5.41) is 3.51. The second-order valence-electron chi connectivity index (χ2n) is 3.74. The molecule has 0 aliphatic carbocycles. The van der Waals surface area contributed by atoms with Crippen molar-refractivity contribution in [3.8, 4) is 0 Å². The van der Waals surface area contributed by atoms with Gasteiger partial charge in [0.05, 0.1) is 5.56 Å². The Balaban J connectivity index is 2.70. The van der Waals surface area contributed by atoms with Gasteiger partial charge in [-0.1, -0.05) is 30.3 Å². The molecule has 17 heavy (non-hydrogen) atoms. The number of alkyl halides is 3. The number of hydrogen-bond donors (Lipinski definition) is 1. The Morgan fingerprint density at radius 2 is 1.88 bits per heavy atom. The van der Waals surface area contributed by atoms with E-state index in [0.29, 0.717) is 11.6 Å². The van der Waals surface area contributed by atoms with Crippen LogP contribution in [0.5, 0.6) is 0 Å². The minimum atomic E-state index is -4.29. The summed E-state index contributed by atoms with van der Waals surface area (Å²) in [4.78, 5) is 0. The molecule has 0 aliphatic rings. The van der Waals surface area contributed by atoms with Gasteiger partial charge in [0.15, 0.2) is 0 Å². The van der Waals surface area contributed by atoms with Gasteiger partial charge < -0.3 is 5.32 Å². The van der Waals surface area contributed by atoms with Crippen LogP contribution in [0.25, 0.3) is 0 Å². The molecule has 1 aromatic rings. The van der Waals surface area contributed by atoms with Gasteiger partial charge in [-0.25, -0.2) is 0 Å². The second kappa shape index (κ2) is 5.56. The smallest absolute Gasteiger partial charge is 0.305 e. The van der Waals surface area contributed by atoms with E-state index in [9.17, 15) is 13.2 Å². The lowest BCUT2D eigenvalue weighted by atomic mass is 10.1. The zero-order valence-electron chi connectivity index (χ0n) is 9.31. The lowest BCUT2D eigenvalue weighted by Crippen LogP contribution is -2.19. The van der Waals surface area contributed by atoms with Crippen LogP contribution in [0, 0.1) is 0 Å². The molecule has 0 saturated heterocycles. The molecule has 0 saturated carbocycles. The molecule has 0 aromatic heterocycles. The SMILES string of the molecule is C=C(Cl)CNC(C)c1ccc(C(F)(F)F)cc1. The molecule has 0 bridgehead atoms. The summed E-state index contributed by atoms with van der Waals surface area (Å²) in [6.07, 6.45) is -4.29. The minimum absolute atomic E-state index is 0.0761. The van der Waals surface area contributed by atoms with E-state index < -0.39 is 11.7 Å². The van der Waals surface area contributed by atoms with Gasteiger partial charge in [0.25, 0.3) is 0 Å². The highest BCUT2D eigenvalue weighted by Crippen LogP contribution is 2.29. The number of halogens is 4. The Bertz CT molecular complexity index is 384. The molecule has 0 fully saturated rings. The first kappa shape index (κ1) is 14.1. The largest absolute Gasteiger partial charge is 0.416 e. The molecule has 1 nitrogen and oxygen atoms in total. The van der Waals surface area contributed by atoms with Gasteiger partial charge in [0.2, 0.25) is 0 Å². The number of benzene rings is 1. The summed E-state index contributed by atoms with van der Waals surface area (Å²) < 4.78 is 37.0. The molecular weight excluding hydrogens is 251 g/mol. The topological polar surface area (TPSA) is 12.0 Å². The predicted octanol–water partition coefficient (Wildman–Crippen LogP) is 4.11. The van der Waals surface area contributed by atoms with E-state index in [1.165, 1.54) is 12.1 Å². The van der Waals surface area contributed by atoms with Crippen LogP contribution in [0.1, 0.15) is 24.1 Å². The number of hydrogen-bond acceptors (Lipinski definition) is 1. The average molecular weight is 264 g/mol. The zero-order chi connectivity index (χ0) is 13.1. The Morgan fingerprint density at radius 3 is 2.29 bits per heavy atom. The van der Waals surface area contributed by atoms with Gasteiger partial charge >= 0.3 is 6.18 Å². The van der Waals surface area contributed by atoms with Crippen molar-refractivity contribution in [1.82, 2.24) is 5.32 Å². The van der Waals surface area contributed by atoms with Gasteiger partial charge in [-0.2, -0.15) is 13.2 Å². The second-order valence-corrected chi connectivity index (χ2v) is 4.27. The van der Waals surface area contributed by atoms with Crippen molar-refractivity contribution >= 4 is 11.6 Å². The summed E-state index contributed by atoms with van der Waals surface area (Å²) in [6.45, 7) is 5.79. The van der Waals surface area contributed by atoms with Crippen molar-refractivity contribution in [2.45, 2.75) is 19.1 Å². The van der Waals surface area contributed by atoms with E-state index in [0.717, 1.165) is 17.7 Å². The average Bonchev–Trinajstić information content (AvgIpc) is 2.25. The highest BCUT2D eigenvalue weighted by atomic mass is 35.5. The summed E-state index contributed by atoms with van der Waals surface area (Å²) in [5.74, 6) is 0. The van der Waals surface area contributed by atoms with Gasteiger partial charge in [-0.15, -0.1) is 0 Å². The first-order chi connectivity index (χ1) is 7.80. The molecule has 1 rings (SSSR count). The van der Waals surface area contributed by atoms with Gasteiger partial charge in [0.1, 0.15) is 0 Å². The summed E-state index contributed by atoms with van der Waals surface area (Å²) in [5.41, 5.74) is 0.131. The Hall–Kier alpha value is -1.00. The fraction of sp³-hybridized carbons (Fsp3) is 0.333. The highest BCUT2D eigenvalue weighted by Gasteiger charge is 2.30. The van der Waals surface area contributed by atoms with Crippen LogP contribution in [0.3, 0.4) is 0 Å². The maximum absolute atomic E-state index is 12.3. The summed E-state index contributed by atoms with van der Waals surface area (Å²) >= 11 is 5.59. The molecule has 1 atom stereocenters. The van der Waals surface area contributed by atoms with Crippen molar-refractivity contribution in [2.75, 3.05) is 6.54 Å². The maximum Gasteiger partial charge on any atom is 0.416 e. The molecule has 1 unspecified atom stereocenters. The molecule has 0 heterocycles. The van der Waals surface area contributed by atoms with Crippen LogP contribution in [-0.4, -0.2) is 6.54 Å².